The van der Waals surface area contributed by atoms with Crippen molar-refractivity contribution in [1.29, 1.82) is 0 Å². The minimum Gasteiger partial charge on any atom is -0.390 e. The minimum absolute atomic E-state index is 0.0236. The highest BCUT2D eigenvalue weighted by Gasteiger charge is 2.35. The minimum atomic E-state index is -0.922. The number of quaternary nitrogens is 1. The molecule has 0 bridgehead atoms. The van der Waals surface area contributed by atoms with Crippen molar-refractivity contribution in [3.05, 3.63) is 75.8 Å². The molecule has 24 heavy (non-hydrogen) atoms. The lowest BCUT2D eigenvalue weighted by molar-refractivity contribution is -0.932. The van der Waals surface area contributed by atoms with Crippen molar-refractivity contribution in [3.8, 4) is 0 Å². The van der Waals surface area contributed by atoms with E-state index in [1.807, 2.05) is 44.4 Å². The van der Waals surface area contributed by atoms with E-state index in [0.29, 0.717) is 16.6 Å². The second-order valence-corrected chi connectivity index (χ2v) is 6.47. The first kappa shape index (κ1) is 18.1. The molecule has 0 spiro atoms. The van der Waals surface area contributed by atoms with E-state index in [2.05, 4.69) is 0 Å². The smallest absolute Gasteiger partial charge is 0.269 e. The number of nitro benzene ring substituents is 1. The number of rotatable bonds is 7. The molecule has 2 atom stereocenters. The number of hydrogen-bond acceptors (Lipinski definition) is 4. The van der Waals surface area contributed by atoms with Crippen LogP contribution in [0.4, 0.5) is 5.69 Å². The molecule has 0 aliphatic carbocycles. The Kier molecular flexibility index (Phi) is 5.66. The van der Waals surface area contributed by atoms with E-state index in [9.17, 15) is 20.3 Å². The van der Waals surface area contributed by atoms with Gasteiger partial charge in [-0.05, 0) is 17.7 Å². The van der Waals surface area contributed by atoms with Gasteiger partial charge in [0.2, 0.25) is 0 Å². The molecule has 0 fully saturated rings. The molecular formula is C18H23N2O4+. The molecule has 0 saturated carbocycles. The van der Waals surface area contributed by atoms with Crippen molar-refractivity contribution in [3.63, 3.8) is 0 Å². The molecule has 0 aliphatic heterocycles. The van der Waals surface area contributed by atoms with Gasteiger partial charge in [0.05, 0.1) is 25.6 Å². The first-order valence-electron chi connectivity index (χ1n) is 7.75. The molecule has 2 N–H and O–H groups in total. The Morgan fingerprint density at radius 1 is 1.08 bits per heavy atom. The first-order valence-corrected chi connectivity index (χ1v) is 7.75. The highest BCUT2D eigenvalue weighted by molar-refractivity contribution is 5.34. The lowest BCUT2D eigenvalue weighted by Crippen LogP contribution is -2.53. The summed E-state index contributed by atoms with van der Waals surface area (Å²) in [4.78, 5) is 10.3. The molecule has 6 nitrogen and oxygen atoms in total. The summed E-state index contributed by atoms with van der Waals surface area (Å²) in [5.74, 6) is 0. The third-order valence-corrected chi connectivity index (χ3v) is 4.33. The van der Waals surface area contributed by atoms with Gasteiger partial charge in [-0.1, -0.05) is 30.3 Å². The lowest BCUT2D eigenvalue weighted by Gasteiger charge is -2.39. The van der Waals surface area contributed by atoms with Crippen molar-refractivity contribution < 1.29 is 19.6 Å². The third-order valence-electron chi connectivity index (χ3n) is 4.33. The molecule has 2 aromatic rings. The van der Waals surface area contributed by atoms with Crippen molar-refractivity contribution in [1.82, 2.24) is 0 Å². The van der Waals surface area contributed by atoms with Gasteiger partial charge < -0.3 is 14.7 Å². The number of nitro groups is 1. The summed E-state index contributed by atoms with van der Waals surface area (Å²) in [6, 6.07) is 15.2. The summed E-state index contributed by atoms with van der Waals surface area (Å²) in [6.45, 7) is 0.452. The molecule has 6 heteroatoms. The zero-order valence-electron chi connectivity index (χ0n) is 13.9. The molecule has 0 aliphatic rings. The fraction of sp³-hybridized carbons (Fsp3) is 0.333. The van der Waals surface area contributed by atoms with Crippen molar-refractivity contribution in [2.75, 3.05) is 20.7 Å². The van der Waals surface area contributed by atoms with Crippen molar-refractivity contribution in [2.45, 2.75) is 18.7 Å². The normalized spacial score (nSPS) is 14.2. The maximum atomic E-state index is 10.7. The molecule has 0 radical (unpaired) electrons. The highest BCUT2D eigenvalue weighted by Crippen LogP contribution is 2.27. The maximum Gasteiger partial charge on any atom is 0.269 e. The van der Waals surface area contributed by atoms with Gasteiger partial charge in [0.15, 0.2) is 0 Å². The van der Waals surface area contributed by atoms with E-state index in [1.54, 1.807) is 0 Å². The Bertz CT molecular complexity index is 671. The average Bonchev–Trinajstić information content (AvgIpc) is 2.55. The quantitative estimate of drug-likeness (QED) is 0.463. The molecule has 0 saturated heterocycles. The first-order chi connectivity index (χ1) is 11.3. The van der Waals surface area contributed by atoms with E-state index in [-0.39, 0.29) is 12.3 Å². The summed E-state index contributed by atoms with van der Waals surface area (Å²) in [5, 5.41) is 31.2. The molecule has 0 amide bonds. The van der Waals surface area contributed by atoms with Crippen molar-refractivity contribution >= 4 is 5.69 Å². The van der Waals surface area contributed by atoms with Crippen LogP contribution in [0, 0.1) is 10.1 Å². The maximum absolute atomic E-state index is 10.7. The summed E-state index contributed by atoms with van der Waals surface area (Å²) in [6.07, 6.45) is -0.922. The number of nitrogens with zero attached hydrogens (tertiary/aromatic N) is 2. The van der Waals surface area contributed by atoms with Crippen LogP contribution in [-0.2, 0) is 6.54 Å². The topological polar surface area (TPSA) is 83.6 Å². The fourth-order valence-corrected chi connectivity index (χ4v) is 2.89. The van der Waals surface area contributed by atoms with Crippen LogP contribution in [0.1, 0.15) is 17.2 Å². The van der Waals surface area contributed by atoms with Crippen LogP contribution in [0.25, 0.3) is 0 Å². The Morgan fingerprint density at radius 2 is 1.67 bits per heavy atom. The van der Waals surface area contributed by atoms with Gasteiger partial charge in [0.25, 0.3) is 5.69 Å². The van der Waals surface area contributed by atoms with E-state index in [0.717, 1.165) is 5.56 Å². The van der Waals surface area contributed by atoms with Crippen LogP contribution in [-0.4, -0.2) is 46.4 Å². The van der Waals surface area contributed by atoms with Gasteiger partial charge in [0, 0.05) is 17.7 Å². The predicted molar refractivity (Wildman–Crippen MR) is 91.2 cm³/mol. The van der Waals surface area contributed by atoms with Gasteiger partial charge in [-0.25, -0.2) is 0 Å². The van der Waals surface area contributed by atoms with Crippen LogP contribution in [0.15, 0.2) is 54.6 Å². The third kappa shape index (κ3) is 4.17. The molecule has 0 aromatic heterocycles. The second kappa shape index (κ2) is 7.53. The average molecular weight is 331 g/mol. The Balaban J connectivity index is 2.20. The fourth-order valence-electron chi connectivity index (χ4n) is 2.89. The second-order valence-electron chi connectivity index (χ2n) is 6.47. The summed E-state index contributed by atoms with van der Waals surface area (Å²) >= 11 is 0. The Labute approximate surface area is 141 Å². The van der Waals surface area contributed by atoms with Crippen LogP contribution >= 0.6 is 0 Å². The molecule has 2 rings (SSSR count). The molecule has 2 aromatic carbocycles. The van der Waals surface area contributed by atoms with Gasteiger partial charge in [-0.3, -0.25) is 10.1 Å². The zero-order chi connectivity index (χ0) is 17.7. The van der Waals surface area contributed by atoms with E-state index in [1.165, 1.54) is 24.3 Å². The molecule has 0 unspecified atom stereocenters. The summed E-state index contributed by atoms with van der Waals surface area (Å²) < 4.78 is 0.388. The highest BCUT2D eigenvalue weighted by atomic mass is 16.6. The van der Waals surface area contributed by atoms with Gasteiger partial charge in [-0.15, -0.1) is 0 Å². The standard InChI is InChI=1S/C18H23N2O4/c1-20(2,12-14-6-4-3-5-7-14)17(13-21)18(22)15-8-10-16(11-9-15)19(23)24/h3-11,17-18,21-22H,12-13H2,1-2H3/q+1/t17-,18-/m0/s1. The van der Waals surface area contributed by atoms with Gasteiger partial charge in [-0.2, -0.15) is 0 Å². The number of non-ortho nitro benzene ring substituents is 1. The van der Waals surface area contributed by atoms with Crippen LogP contribution in [0.5, 0.6) is 0 Å². The Morgan fingerprint density at radius 3 is 2.17 bits per heavy atom. The number of likely N-dealkylation sites (N-methyl/N-ethyl adjacent to an activating group) is 1. The molecule has 0 heterocycles. The number of aliphatic hydroxyl groups excluding tert-OH is 2. The van der Waals surface area contributed by atoms with Crippen LogP contribution < -0.4 is 0 Å². The lowest BCUT2D eigenvalue weighted by atomic mass is 9.99. The van der Waals surface area contributed by atoms with Crippen LogP contribution in [0.2, 0.25) is 0 Å². The Hall–Kier alpha value is -2.28. The van der Waals surface area contributed by atoms with E-state index < -0.39 is 17.1 Å². The number of aliphatic hydroxyl groups is 2. The van der Waals surface area contributed by atoms with E-state index in [4.69, 9.17) is 0 Å². The number of hydrogen-bond donors (Lipinski definition) is 2. The van der Waals surface area contributed by atoms with Gasteiger partial charge >= 0.3 is 0 Å². The monoisotopic (exact) mass is 331 g/mol. The van der Waals surface area contributed by atoms with E-state index >= 15 is 0 Å². The summed E-state index contributed by atoms with van der Waals surface area (Å²) in [5.41, 5.74) is 1.64. The molecule has 128 valence electrons. The summed E-state index contributed by atoms with van der Waals surface area (Å²) in [7, 11) is 3.89. The zero-order valence-corrected chi connectivity index (χ0v) is 13.9. The SMILES string of the molecule is C[N+](C)(Cc1ccccc1)[C@@H](CO)[C@@H](O)c1ccc([N+](=O)[O-])cc1. The largest absolute Gasteiger partial charge is 0.390 e. The van der Waals surface area contributed by atoms with Crippen molar-refractivity contribution in [2.24, 2.45) is 0 Å². The van der Waals surface area contributed by atoms with Gasteiger partial charge in [0.1, 0.15) is 18.7 Å². The predicted octanol–water partition coefficient (Wildman–Crippen LogP) is 2.27. The van der Waals surface area contributed by atoms with Crippen LogP contribution in [0.3, 0.4) is 0 Å². The molecular weight excluding hydrogens is 308 g/mol. The number of benzene rings is 2.